The summed E-state index contributed by atoms with van der Waals surface area (Å²) in [6.45, 7) is 8.04. The van der Waals surface area contributed by atoms with Crippen molar-refractivity contribution in [3.05, 3.63) is 42.0 Å². The fourth-order valence-corrected chi connectivity index (χ4v) is 13.4. The first kappa shape index (κ1) is 20.6. The van der Waals surface area contributed by atoms with Gasteiger partial charge < -0.3 is 0 Å². The van der Waals surface area contributed by atoms with E-state index in [4.69, 9.17) is 0 Å². The van der Waals surface area contributed by atoms with Crippen LogP contribution in [0.15, 0.2) is 29.5 Å². The minimum Gasteiger partial charge on any atom is -0.218 e. The van der Waals surface area contributed by atoms with Crippen LogP contribution in [0.1, 0.15) is 22.3 Å². The number of rotatable bonds is 2. The van der Waals surface area contributed by atoms with E-state index in [0.29, 0.717) is 9.79 Å². The van der Waals surface area contributed by atoms with Crippen LogP contribution >= 0.6 is 77.2 Å². The van der Waals surface area contributed by atoms with Crippen LogP contribution in [0.3, 0.4) is 0 Å². The molecule has 0 bridgehead atoms. The van der Waals surface area contributed by atoms with Crippen LogP contribution in [0.4, 0.5) is 0 Å². The van der Waals surface area contributed by atoms with Gasteiger partial charge in [0.15, 0.2) is 0 Å². The van der Waals surface area contributed by atoms with Crippen molar-refractivity contribution in [3.8, 4) is 29.3 Å². The van der Waals surface area contributed by atoms with Crippen LogP contribution < -0.4 is 0 Å². The molecule has 4 aromatic heterocycles. The molecule has 5 rings (SSSR count). The van der Waals surface area contributed by atoms with Crippen LogP contribution in [-0.4, -0.2) is 8.42 Å². The second-order valence-corrected chi connectivity index (χ2v) is 15.8. The molecule has 0 fully saturated rings. The number of aryl methyl sites for hydroxylation is 2. The third-order valence-corrected chi connectivity index (χ3v) is 14.0. The van der Waals surface area contributed by atoms with Gasteiger partial charge in [0.25, 0.3) is 0 Å². The third kappa shape index (κ3) is 2.88. The van der Waals surface area contributed by atoms with E-state index in [2.05, 4.69) is 57.8 Å². The Labute approximate surface area is 202 Å². The number of thiophene rings is 4. The fraction of sp³-hybridized carbons (Fsp3) is 0.200. The highest BCUT2D eigenvalue weighted by atomic mass is 79.9. The van der Waals surface area contributed by atoms with Gasteiger partial charge >= 0.3 is 0 Å². The second kappa shape index (κ2) is 6.85. The number of sulfone groups is 1. The van der Waals surface area contributed by atoms with Gasteiger partial charge in [-0.3, -0.25) is 0 Å². The summed E-state index contributed by atoms with van der Waals surface area (Å²) in [4.78, 5) is 7.28. The quantitative estimate of drug-likeness (QED) is 0.201. The van der Waals surface area contributed by atoms with E-state index in [-0.39, 0.29) is 0 Å². The van der Waals surface area contributed by atoms with Gasteiger partial charge in [-0.15, -0.1) is 45.3 Å². The molecule has 0 amide bonds. The summed E-state index contributed by atoms with van der Waals surface area (Å²) in [6, 6.07) is 4.18. The zero-order chi connectivity index (χ0) is 20.8. The molecule has 150 valence electrons. The molecule has 2 nitrogen and oxygen atoms in total. The maximum absolute atomic E-state index is 13.6. The minimum absolute atomic E-state index is 0.515. The predicted molar refractivity (Wildman–Crippen MR) is 134 cm³/mol. The molecule has 9 heteroatoms. The van der Waals surface area contributed by atoms with Crippen molar-refractivity contribution >= 4 is 87.0 Å². The van der Waals surface area contributed by atoms with Crippen molar-refractivity contribution in [2.75, 3.05) is 0 Å². The van der Waals surface area contributed by atoms with Gasteiger partial charge in [-0.1, -0.05) is 0 Å². The Morgan fingerprint density at radius 1 is 0.621 bits per heavy atom. The summed E-state index contributed by atoms with van der Waals surface area (Å²) in [5.74, 6) is 0. The lowest BCUT2D eigenvalue weighted by atomic mass is 10.2. The van der Waals surface area contributed by atoms with E-state index < -0.39 is 9.84 Å². The Morgan fingerprint density at radius 3 is 1.31 bits per heavy atom. The molecule has 5 heterocycles. The number of fused-ring (bicyclic) bond motifs is 3. The average molecular weight is 606 g/mol. The molecular formula is C20H14Br2O2S5. The van der Waals surface area contributed by atoms with Crippen LogP contribution in [-0.2, 0) is 9.84 Å². The van der Waals surface area contributed by atoms with Gasteiger partial charge in [-0.25, -0.2) is 8.42 Å². The average Bonchev–Trinajstić information content (AvgIpc) is 3.35. The maximum Gasteiger partial charge on any atom is 0.210 e. The summed E-state index contributed by atoms with van der Waals surface area (Å²) in [5, 5.41) is 0. The van der Waals surface area contributed by atoms with Crippen LogP contribution in [0.2, 0.25) is 0 Å². The van der Waals surface area contributed by atoms with Gasteiger partial charge in [0.05, 0.1) is 27.1 Å². The van der Waals surface area contributed by atoms with Gasteiger partial charge in [-0.2, -0.15) is 0 Å². The summed E-state index contributed by atoms with van der Waals surface area (Å²) in [7, 11) is -3.51. The number of hydrogen-bond donors (Lipinski definition) is 0. The molecule has 0 spiro atoms. The van der Waals surface area contributed by atoms with E-state index in [1.807, 2.05) is 13.8 Å². The molecule has 4 aromatic rings. The largest absolute Gasteiger partial charge is 0.218 e. The highest BCUT2D eigenvalue weighted by Gasteiger charge is 2.42. The first-order chi connectivity index (χ1) is 13.6. The molecule has 0 saturated carbocycles. The predicted octanol–water partition coefficient (Wildman–Crippen LogP) is 8.84. The Hall–Kier alpha value is -0.290. The van der Waals surface area contributed by atoms with Crippen LogP contribution in [0.5, 0.6) is 0 Å². The standard InChI is InChI=1S/C20H14Br2O2S5/c1-7-5-11(21)25-13(7)15-9(3)19-17(27-15)18-20(29(19,23)24)10(4)16(28-18)14-8(2)6-12(22)26-14/h5-6H,1-4H3. The molecule has 0 saturated heterocycles. The molecule has 1 aliphatic rings. The molecule has 0 aliphatic carbocycles. The normalized spacial score (nSPS) is 14.4. The van der Waals surface area contributed by atoms with E-state index in [0.717, 1.165) is 48.0 Å². The SMILES string of the molecule is Cc1cc(Br)sc1-c1sc2c(c1C)S(=O)(=O)c1c-2sc(-c2sc(Br)cc2C)c1C. The minimum atomic E-state index is -3.51. The summed E-state index contributed by atoms with van der Waals surface area (Å²) >= 11 is 13.7. The number of halogens is 2. The van der Waals surface area contributed by atoms with Crippen LogP contribution in [0, 0.1) is 27.7 Å². The molecule has 1 aliphatic heterocycles. The summed E-state index contributed by atoms with van der Waals surface area (Å²) in [6.07, 6.45) is 0. The van der Waals surface area contributed by atoms with Gasteiger partial charge in [0, 0.05) is 19.5 Å². The Kier molecular flexibility index (Phi) is 4.87. The molecule has 0 aromatic carbocycles. The molecule has 0 atom stereocenters. The fourth-order valence-electron chi connectivity index (χ4n) is 3.82. The zero-order valence-corrected chi connectivity index (χ0v) is 23.0. The second-order valence-electron chi connectivity index (χ2n) is 7.06. The maximum atomic E-state index is 13.6. The summed E-state index contributed by atoms with van der Waals surface area (Å²) in [5.41, 5.74) is 4.10. The Balaban J connectivity index is 1.78. The van der Waals surface area contributed by atoms with Crippen molar-refractivity contribution in [1.29, 1.82) is 0 Å². The number of hydrogen-bond acceptors (Lipinski definition) is 6. The zero-order valence-electron chi connectivity index (χ0n) is 15.8. The molecule has 0 unspecified atom stereocenters. The lowest BCUT2D eigenvalue weighted by molar-refractivity contribution is 0.598. The first-order valence-electron chi connectivity index (χ1n) is 8.66. The summed E-state index contributed by atoms with van der Waals surface area (Å²) < 4.78 is 29.3. The Morgan fingerprint density at radius 2 is 1.00 bits per heavy atom. The monoisotopic (exact) mass is 604 g/mol. The van der Waals surface area contributed by atoms with E-state index in [9.17, 15) is 8.42 Å². The lowest BCUT2D eigenvalue weighted by Gasteiger charge is -2.04. The molecular weight excluding hydrogens is 592 g/mol. The van der Waals surface area contributed by atoms with Crippen molar-refractivity contribution < 1.29 is 8.42 Å². The lowest BCUT2D eigenvalue weighted by Crippen LogP contribution is -1.99. The van der Waals surface area contributed by atoms with Crippen molar-refractivity contribution in [3.63, 3.8) is 0 Å². The molecule has 0 N–H and O–H groups in total. The highest BCUT2D eigenvalue weighted by Crippen LogP contribution is 2.59. The van der Waals surface area contributed by atoms with Gasteiger partial charge in [0.2, 0.25) is 9.84 Å². The van der Waals surface area contributed by atoms with E-state index in [1.54, 1.807) is 45.3 Å². The highest BCUT2D eigenvalue weighted by molar-refractivity contribution is 9.11. The topological polar surface area (TPSA) is 34.1 Å². The van der Waals surface area contributed by atoms with Crippen LogP contribution in [0.25, 0.3) is 29.3 Å². The van der Waals surface area contributed by atoms with Gasteiger partial charge in [-0.05, 0) is 93.9 Å². The van der Waals surface area contributed by atoms with Gasteiger partial charge in [0.1, 0.15) is 0 Å². The molecule has 0 radical (unpaired) electrons. The van der Waals surface area contributed by atoms with Crippen molar-refractivity contribution in [2.24, 2.45) is 0 Å². The third-order valence-electron chi connectivity index (χ3n) is 5.11. The van der Waals surface area contributed by atoms with E-state index in [1.165, 1.54) is 11.1 Å². The molecule has 29 heavy (non-hydrogen) atoms. The Bertz CT molecular complexity index is 1330. The van der Waals surface area contributed by atoms with Crippen molar-refractivity contribution in [1.82, 2.24) is 0 Å². The smallest absolute Gasteiger partial charge is 0.210 e. The first-order valence-corrected chi connectivity index (χ1v) is 15.0. The van der Waals surface area contributed by atoms with E-state index >= 15 is 0 Å². The van der Waals surface area contributed by atoms with Crippen molar-refractivity contribution in [2.45, 2.75) is 37.5 Å².